The fraction of sp³-hybridized carbons (Fsp3) is 0.462. The van der Waals surface area contributed by atoms with Gasteiger partial charge in [-0.05, 0) is 25.0 Å². The van der Waals surface area contributed by atoms with Gasteiger partial charge in [-0.2, -0.15) is 5.26 Å². The van der Waals surface area contributed by atoms with E-state index in [1.165, 1.54) is 6.07 Å². The number of aliphatic hydroxyl groups excluding tert-OH is 1. The largest absolute Gasteiger partial charge is 0.396 e. The zero-order valence-corrected chi connectivity index (χ0v) is 10.4. The molecule has 2 unspecified atom stereocenters. The highest BCUT2D eigenvalue weighted by molar-refractivity contribution is 5.68. The number of aliphatic hydroxyl groups is 1. The van der Waals surface area contributed by atoms with Crippen molar-refractivity contribution in [1.82, 2.24) is 0 Å². The van der Waals surface area contributed by atoms with Gasteiger partial charge in [0.05, 0.1) is 4.92 Å². The Hall–Kier alpha value is -2.13. The van der Waals surface area contributed by atoms with Crippen molar-refractivity contribution in [2.24, 2.45) is 5.92 Å². The highest BCUT2D eigenvalue weighted by Crippen LogP contribution is 2.33. The Morgan fingerprint density at radius 1 is 1.53 bits per heavy atom. The quantitative estimate of drug-likeness (QED) is 0.638. The minimum atomic E-state index is -0.538. The van der Waals surface area contributed by atoms with Crippen LogP contribution in [-0.2, 0) is 0 Å². The van der Waals surface area contributed by atoms with Crippen molar-refractivity contribution in [3.63, 3.8) is 0 Å². The van der Waals surface area contributed by atoms with E-state index in [-0.39, 0.29) is 29.8 Å². The molecule has 6 heteroatoms. The molecule has 1 aliphatic carbocycles. The minimum absolute atomic E-state index is 0.0256. The molecule has 1 aliphatic rings. The first-order chi connectivity index (χ1) is 9.17. The highest BCUT2D eigenvalue weighted by Gasteiger charge is 2.29. The molecule has 0 saturated heterocycles. The average molecular weight is 261 g/mol. The summed E-state index contributed by atoms with van der Waals surface area (Å²) in [7, 11) is 0. The molecule has 0 amide bonds. The number of nitrogens with zero attached hydrogens (tertiary/aromatic N) is 2. The smallest absolute Gasteiger partial charge is 0.309 e. The molecule has 2 rings (SSSR count). The van der Waals surface area contributed by atoms with Crippen LogP contribution in [0.25, 0.3) is 0 Å². The van der Waals surface area contributed by atoms with Crippen molar-refractivity contribution in [1.29, 1.82) is 5.26 Å². The van der Waals surface area contributed by atoms with Gasteiger partial charge in [0.1, 0.15) is 17.3 Å². The molecule has 0 bridgehead atoms. The number of hydrogen-bond acceptors (Lipinski definition) is 5. The Morgan fingerprint density at radius 2 is 2.32 bits per heavy atom. The summed E-state index contributed by atoms with van der Waals surface area (Å²) in [6.07, 6.45) is 2.79. The third-order valence-corrected chi connectivity index (χ3v) is 3.57. The Kier molecular flexibility index (Phi) is 3.97. The molecule has 1 aromatic carbocycles. The van der Waals surface area contributed by atoms with Crippen LogP contribution in [0.2, 0.25) is 0 Å². The molecule has 6 nitrogen and oxygen atoms in total. The van der Waals surface area contributed by atoms with Gasteiger partial charge in [0.15, 0.2) is 0 Å². The van der Waals surface area contributed by atoms with Crippen LogP contribution in [0.4, 0.5) is 11.4 Å². The van der Waals surface area contributed by atoms with Gasteiger partial charge in [-0.15, -0.1) is 0 Å². The maximum atomic E-state index is 11.1. The van der Waals surface area contributed by atoms with Crippen molar-refractivity contribution in [2.75, 3.05) is 11.9 Å². The van der Waals surface area contributed by atoms with Crippen molar-refractivity contribution < 1.29 is 10.0 Å². The van der Waals surface area contributed by atoms with Gasteiger partial charge in [-0.1, -0.05) is 12.5 Å². The SMILES string of the molecule is N#Cc1cccc(NC2CCCC2CO)c1[N+](=O)[O-]. The highest BCUT2D eigenvalue weighted by atomic mass is 16.6. The van der Waals surface area contributed by atoms with Crippen LogP contribution in [0.15, 0.2) is 18.2 Å². The fourth-order valence-electron chi connectivity index (χ4n) is 2.59. The molecule has 0 aromatic heterocycles. The summed E-state index contributed by atoms with van der Waals surface area (Å²) < 4.78 is 0. The van der Waals surface area contributed by atoms with E-state index >= 15 is 0 Å². The molecule has 100 valence electrons. The van der Waals surface area contributed by atoms with Gasteiger partial charge in [0.25, 0.3) is 0 Å². The van der Waals surface area contributed by atoms with Crippen LogP contribution < -0.4 is 5.32 Å². The minimum Gasteiger partial charge on any atom is -0.396 e. The summed E-state index contributed by atoms with van der Waals surface area (Å²) in [6.45, 7) is 0.0728. The van der Waals surface area contributed by atoms with Gasteiger partial charge < -0.3 is 10.4 Å². The van der Waals surface area contributed by atoms with Crippen molar-refractivity contribution in [2.45, 2.75) is 25.3 Å². The average Bonchev–Trinajstić information content (AvgIpc) is 2.85. The molecule has 1 aromatic rings. The number of anilines is 1. The molecular weight excluding hydrogens is 246 g/mol. The third-order valence-electron chi connectivity index (χ3n) is 3.57. The zero-order chi connectivity index (χ0) is 13.8. The standard InChI is InChI=1S/C13H15N3O3/c14-7-9-3-1-6-12(13(9)16(18)19)15-11-5-2-4-10(11)8-17/h1,3,6,10-11,15,17H,2,4-5,8H2. The molecule has 0 aliphatic heterocycles. The molecule has 0 spiro atoms. The van der Waals surface area contributed by atoms with E-state index in [9.17, 15) is 15.2 Å². The normalized spacial score (nSPS) is 21.9. The topological polar surface area (TPSA) is 99.2 Å². The third kappa shape index (κ3) is 2.66. The number of para-hydroxylation sites is 1. The Bertz CT molecular complexity index is 524. The van der Waals surface area contributed by atoms with E-state index < -0.39 is 4.92 Å². The Labute approximate surface area is 110 Å². The van der Waals surface area contributed by atoms with Crippen LogP contribution in [0, 0.1) is 27.4 Å². The molecule has 1 saturated carbocycles. The molecule has 0 radical (unpaired) electrons. The second-order valence-corrected chi connectivity index (χ2v) is 4.70. The van der Waals surface area contributed by atoms with Gasteiger partial charge in [0, 0.05) is 18.6 Å². The monoisotopic (exact) mass is 261 g/mol. The van der Waals surface area contributed by atoms with E-state index in [1.54, 1.807) is 12.1 Å². The summed E-state index contributed by atoms with van der Waals surface area (Å²) in [4.78, 5) is 10.6. The predicted octanol–water partition coefficient (Wildman–Crippen LogP) is 2.04. The number of hydrogen-bond donors (Lipinski definition) is 2. The first kappa shape index (κ1) is 13.3. The number of nitriles is 1. The van der Waals surface area contributed by atoms with Crippen LogP contribution >= 0.6 is 0 Å². The van der Waals surface area contributed by atoms with Gasteiger partial charge >= 0.3 is 5.69 Å². The number of benzene rings is 1. The second kappa shape index (κ2) is 5.67. The first-order valence-electron chi connectivity index (χ1n) is 6.22. The molecule has 19 heavy (non-hydrogen) atoms. The second-order valence-electron chi connectivity index (χ2n) is 4.70. The van der Waals surface area contributed by atoms with E-state index in [2.05, 4.69) is 5.32 Å². The van der Waals surface area contributed by atoms with Crippen LogP contribution in [0.3, 0.4) is 0 Å². The maximum Gasteiger partial charge on any atom is 0.309 e. The number of nitrogens with one attached hydrogen (secondary N) is 1. The van der Waals surface area contributed by atoms with E-state index in [0.29, 0.717) is 5.69 Å². The summed E-state index contributed by atoms with van der Waals surface area (Å²) in [5.41, 5.74) is 0.219. The number of nitro groups is 1. The number of rotatable bonds is 4. The lowest BCUT2D eigenvalue weighted by atomic mass is 10.0. The summed E-state index contributed by atoms with van der Waals surface area (Å²) >= 11 is 0. The molecule has 2 atom stereocenters. The lowest BCUT2D eigenvalue weighted by Gasteiger charge is -2.20. The van der Waals surface area contributed by atoms with Crippen molar-refractivity contribution in [3.8, 4) is 6.07 Å². The fourth-order valence-corrected chi connectivity index (χ4v) is 2.59. The Balaban J connectivity index is 2.30. The molecular formula is C13H15N3O3. The lowest BCUT2D eigenvalue weighted by molar-refractivity contribution is -0.384. The summed E-state index contributed by atoms with van der Waals surface area (Å²) in [5, 5.41) is 32.4. The lowest BCUT2D eigenvalue weighted by Crippen LogP contribution is -2.26. The van der Waals surface area contributed by atoms with Crippen molar-refractivity contribution >= 4 is 11.4 Å². The Morgan fingerprint density at radius 3 is 2.95 bits per heavy atom. The maximum absolute atomic E-state index is 11.1. The van der Waals surface area contributed by atoms with Crippen LogP contribution in [-0.4, -0.2) is 22.7 Å². The number of nitro benzene ring substituents is 1. The molecule has 2 N–H and O–H groups in total. The summed E-state index contributed by atoms with van der Waals surface area (Å²) in [5.74, 6) is 0.116. The van der Waals surface area contributed by atoms with Crippen molar-refractivity contribution in [3.05, 3.63) is 33.9 Å². The van der Waals surface area contributed by atoms with E-state index in [4.69, 9.17) is 5.26 Å². The van der Waals surface area contributed by atoms with E-state index in [0.717, 1.165) is 19.3 Å². The van der Waals surface area contributed by atoms with Gasteiger partial charge in [0.2, 0.25) is 0 Å². The zero-order valence-electron chi connectivity index (χ0n) is 10.4. The molecule has 0 heterocycles. The molecule has 1 fully saturated rings. The summed E-state index contributed by atoms with van der Waals surface area (Å²) in [6, 6.07) is 6.52. The van der Waals surface area contributed by atoms with Gasteiger partial charge in [-0.25, -0.2) is 0 Å². The predicted molar refractivity (Wildman–Crippen MR) is 69.6 cm³/mol. The van der Waals surface area contributed by atoms with Crippen LogP contribution in [0.5, 0.6) is 0 Å². The first-order valence-corrected chi connectivity index (χ1v) is 6.22. The van der Waals surface area contributed by atoms with Gasteiger partial charge in [-0.3, -0.25) is 10.1 Å². The van der Waals surface area contributed by atoms with E-state index in [1.807, 2.05) is 6.07 Å². The van der Waals surface area contributed by atoms with Crippen LogP contribution in [0.1, 0.15) is 24.8 Å².